The number of ether oxygens (including phenoxy) is 1. The van der Waals surface area contributed by atoms with Crippen molar-refractivity contribution in [1.82, 2.24) is 15.5 Å². The number of esters is 1. The zero-order valence-electron chi connectivity index (χ0n) is 15.7. The third-order valence-electron chi connectivity index (χ3n) is 5.27. The molecule has 140 valence electrons. The minimum atomic E-state index is -0.508. The molecular formula is C20H27N3O3. The van der Waals surface area contributed by atoms with Crippen LogP contribution in [-0.2, 0) is 9.53 Å². The van der Waals surface area contributed by atoms with Crippen LogP contribution in [0.25, 0.3) is 0 Å². The van der Waals surface area contributed by atoms with Crippen molar-refractivity contribution >= 4 is 12.0 Å². The molecule has 0 bridgehead atoms. The summed E-state index contributed by atoms with van der Waals surface area (Å²) in [4.78, 5) is 27.2. The van der Waals surface area contributed by atoms with Gasteiger partial charge in [-0.2, -0.15) is 0 Å². The van der Waals surface area contributed by atoms with Crippen molar-refractivity contribution in [3.05, 3.63) is 46.7 Å². The molecule has 2 N–H and O–H groups in total. The Morgan fingerprint density at radius 2 is 2.00 bits per heavy atom. The van der Waals surface area contributed by atoms with Crippen LogP contribution < -0.4 is 10.6 Å². The second kappa shape index (κ2) is 7.91. The average molecular weight is 357 g/mol. The summed E-state index contributed by atoms with van der Waals surface area (Å²) in [6.45, 7) is 5.71. The lowest BCUT2D eigenvalue weighted by atomic mass is 9.93. The van der Waals surface area contributed by atoms with E-state index in [1.54, 1.807) is 0 Å². The van der Waals surface area contributed by atoms with Crippen molar-refractivity contribution in [2.75, 3.05) is 20.2 Å². The van der Waals surface area contributed by atoms with Gasteiger partial charge in [0.2, 0.25) is 0 Å². The molecule has 0 radical (unpaired) electrons. The highest BCUT2D eigenvalue weighted by Gasteiger charge is 2.34. The number of hydrogen-bond donors (Lipinski definition) is 2. The van der Waals surface area contributed by atoms with Crippen molar-refractivity contribution in [3.63, 3.8) is 0 Å². The molecule has 0 aliphatic carbocycles. The second-order valence-corrected chi connectivity index (χ2v) is 7.14. The minimum absolute atomic E-state index is 0.289. The molecule has 2 unspecified atom stereocenters. The SMILES string of the molecule is COC(=O)C1=C(CN2CCCCC2C)NC(=O)NC1c1ccc(C)cc1. The Bertz CT molecular complexity index is 712. The summed E-state index contributed by atoms with van der Waals surface area (Å²) in [5, 5.41) is 5.72. The summed E-state index contributed by atoms with van der Waals surface area (Å²) in [5.41, 5.74) is 3.11. The number of carbonyl (C=O) groups excluding carboxylic acids is 2. The van der Waals surface area contributed by atoms with E-state index in [0.29, 0.717) is 23.9 Å². The summed E-state index contributed by atoms with van der Waals surface area (Å²) in [6.07, 6.45) is 3.49. The van der Waals surface area contributed by atoms with Gasteiger partial charge in [-0.25, -0.2) is 9.59 Å². The average Bonchev–Trinajstić information content (AvgIpc) is 2.63. The summed E-state index contributed by atoms with van der Waals surface area (Å²) in [7, 11) is 1.37. The molecule has 1 aromatic carbocycles. The van der Waals surface area contributed by atoms with Gasteiger partial charge in [0.25, 0.3) is 0 Å². The van der Waals surface area contributed by atoms with Crippen molar-refractivity contribution in [2.45, 2.75) is 45.2 Å². The Kier molecular flexibility index (Phi) is 5.61. The van der Waals surface area contributed by atoms with Crippen molar-refractivity contribution in [1.29, 1.82) is 0 Å². The Hall–Kier alpha value is -2.34. The van der Waals surface area contributed by atoms with Crippen LogP contribution in [0.2, 0.25) is 0 Å². The third kappa shape index (κ3) is 3.90. The van der Waals surface area contributed by atoms with Crippen LogP contribution in [0.5, 0.6) is 0 Å². The number of aryl methyl sites for hydroxylation is 1. The maximum atomic E-state index is 12.6. The molecule has 0 aromatic heterocycles. The molecule has 1 fully saturated rings. The number of methoxy groups -OCH3 is 1. The molecule has 1 saturated heterocycles. The summed E-state index contributed by atoms with van der Waals surface area (Å²) in [5.74, 6) is -0.414. The molecule has 2 aliphatic rings. The number of urea groups is 1. The largest absolute Gasteiger partial charge is 0.466 e. The van der Waals surface area contributed by atoms with E-state index in [2.05, 4.69) is 22.5 Å². The maximum Gasteiger partial charge on any atom is 0.338 e. The fourth-order valence-corrected chi connectivity index (χ4v) is 3.70. The molecule has 2 atom stereocenters. The summed E-state index contributed by atoms with van der Waals surface area (Å²) in [6, 6.07) is 7.47. The topological polar surface area (TPSA) is 70.7 Å². The van der Waals surface area contributed by atoms with Gasteiger partial charge in [-0.1, -0.05) is 36.2 Å². The maximum absolute atomic E-state index is 12.6. The second-order valence-electron chi connectivity index (χ2n) is 7.14. The zero-order chi connectivity index (χ0) is 18.7. The van der Waals surface area contributed by atoms with Crippen LogP contribution in [0.15, 0.2) is 35.5 Å². The van der Waals surface area contributed by atoms with Crippen LogP contribution in [0, 0.1) is 6.92 Å². The molecular weight excluding hydrogens is 330 g/mol. The lowest BCUT2D eigenvalue weighted by molar-refractivity contribution is -0.136. The predicted octanol–water partition coefficient (Wildman–Crippen LogP) is 2.65. The molecule has 0 spiro atoms. The van der Waals surface area contributed by atoms with Crippen molar-refractivity contribution < 1.29 is 14.3 Å². The molecule has 1 aromatic rings. The van der Waals surface area contributed by atoms with Gasteiger partial charge in [0.05, 0.1) is 18.7 Å². The number of amides is 2. The zero-order valence-corrected chi connectivity index (χ0v) is 15.7. The number of nitrogens with one attached hydrogen (secondary N) is 2. The molecule has 2 amide bonds. The number of piperidine rings is 1. The number of nitrogens with zero attached hydrogens (tertiary/aromatic N) is 1. The molecule has 3 rings (SSSR count). The van der Waals surface area contributed by atoms with E-state index in [9.17, 15) is 9.59 Å². The van der Waals surface area contributed by atoms with Crippen molar-refractivity contribution in [2.24, 2.45) is 0 Å². The van der Waals surface area contributed by atoms with Crippen LogP contribution in [0.4, 0.5) is 4.79 Å². The van der Waals surface area contributed by atoms with E-state index in [4.69, 9.17) is 4.74 Å². The van der Waals surface area contributed by atoms with E-state index in [0.717, 1.165) is 30.5 Å². The number of benzene rings is 1. The lowest BCUT2D eigenvalue weighted by Gasteiger charge is -2.36. The molecule has 6 heteroatoms. The monoisotopic (exact) mass is 357 g/mol. The Balaban J connectivity index is 1.98. The van der Waals surface area contributed by atoms with Gasteiger partial charge < -0.3 is 15.4 Å². The standard InChI is InChI=1S/C20H27N3O3/c1-13-7-9-15(10-8-13)18-17(19(24)26-3)16(21-20(25)22-18)12-23-11-5-4-6-14(23)2/h7-10,14,18H,4-6,11-12H2,1-3H3,(H2,21,22,25). The Labute approximate surface area is 154 Å². The molecule has 2 heterocycles. The van der Waals surface area contributed by atoms with Gasteiger partial charge in [-0.05, 0) is 38.8 Å². The number of likely N-dealkylation sites (tertiary alicyclic amines) is 1. The van der Waals surface area contributed by atoms with Crippen LogP contribution in [0.1, 0.15) is 43.4 Å². The normalized spacial score (nSPS) is 24.0. The number of rotatable bonds is 4. The highest BCUT2D eigenvalue weighted by molar-refractivity contribution is 5.95. The Morgan fingerprint density at radius 3 is 2.65 bits per heavy atom. The first kappa shape index (κ1) is 18.5. The van der Waals surface area contributed by atoms with Crippen LogP contribution in [-0.4, -0.2) is 43.1 Å². The summed E-state index contributed by atoms with van der Waals surface area (Å²) >= 11 is 0. The molecule has 6 nitrogen and oxygen atoms in total. The minimum Gasteiger partial charge on any atom is -0.466 e. The lowest BCUT2D eigenvalue weighted by Crippen LogP contribution is -2.50. The van der Waals surface area contributed by atoms with Gasteiger partial charge in [-0.3, -0.25) is 4.90 Å². The Morgan fingerprint density at radius 1 is 1.27 bits per heavy atom. The predicted molar refractivity (Wildman–Crippen MR) is 99.5 cm³/mol. The van der Waals surface area contributed by atoms with Gasteiger partial charge in [0.1, 0.15) is 0 Å². The first-order chi connectivity index (χ1) is 12.5. The highest BCUT2D eigenvalue weighted by atomic mass is 16.5. The van der Waals surface area contributed by atoms with Crippen molar-refractivity contribution in [3.8, 4) is 0 Å². The van der Waals surface area contributed by atoms with E-state index in [-0.39, 0.29) is 6.03 Å². The van der Waals surface area contributed by atoms with Gasteiger partial charge in [0, 0.05) is 18.3 Å². The van der Waals surface area contributed by atoms with E-state index >= 15 is 0 Å². The molecule has 26 heavy (non-hydrogen) atoms. The van der Waals surface area contributed by atoms with E-state index in [1.807, 2.05) is 31.2 Å². The smallest absolute Gasteiger partial charge is 0.338 e. The van der Waals surface area contributed by atoms with Crippen LogP contribution in [0.3, 0.4) is 0 Å². The fraction of sp³-hybridized carbons (Fsp3) is 0.500. The highest BCUT2D eigenvalue weighted by Crippen LogP contribution is 2.29. The third-order valence-corrected chi connectivity index (χ3v) is 5.27. The first-order valence-corrected chi connectivity index (χ1v) is 9.19. The number of carbonyl (C=O) groups is 2. The fourth-order valence-electron chi connectivity index (χ4n) is 3.70. The van der Waals surface area contributed by atoms with Crippen LogP contribution >= 0.6 is 0 Å². The number of hydrogen-bond acceptors (Lipinski definition) is 4. The van der Waals surface area contributed by atoms with Gasteiger partial charge in [-0.15, -0.1) is 0 Å². The van der Waals surface area contributed by atoms with E-state index in [1.165, 1.54) is 13.5 Å². The molecule has 2 aliphatic heterocycles. The molecule has 0 saturated carbocycles. The first-order valence-electron chi connectivity index (χ1n) is 9.19. The quantitative estimate of drug-likeness (QED) is 0.813. The van der Waals surface area contributed by atoms with Gasteiger partial charge >= 0.3 is 12.0 Å². The van der Waals surface area contributed by atoms with E-state index < -0.39 is 12.0 Å². The van der Waals surface area contributed by atoms with Gasteiger partial charge in [0.15, 0.2) is 0 Å². The summed E-state index contributed by atoms with van der Waals surface area (Å²) < 4.78 is 5.04.